The second-order valence-electron chi connectivity index (χ2n) is 7.17. The predicted octanol–water partition coefficient (Wildman–Crippen LogP) is 3.24. The van der Waals surface area contributed by atoms with Crippen LogP contribution in [-0.2, 0) is 16.1 Å². The molecule has 1 saturated heterocycles. The molecule has 5 heteroatoms. The van der Waals surface area contributed by atoms with Crippen LogP contribution in [-0.4, -0.2) is 66.8 Å². The summed E-state index contributed by atoms with van der Waals surface area (Å²) in [5.74, 6) is 0. The molecule has 1 N–H and O–H groups in total. The van der Waals surface area contributed by atoms with Crippen LogP contribution in [0, 0.1) is 0 Å². The Kier molecular flexibility index (Phi) is 10.3. The van der Waals surface area contributed by atoms with Crippen molar-refractivity contribution in [2.75, 3.05) is 39.3 Å². The first-order valence-electron chi connectivity index (χ1n) is 9.99. The van der Waals surface area contributed by atoms with Gasteiger partial charge in [0.1, 0.15) is 0 Å². The van der Waals surface area contributed by atoms with Crippen molar-refractivity contribution >= 4 is 6.47 Å². The molecule has 1 aliphatic heterocycles. The topological polar surface area (TPSA) is 53.0 Å². The van der Waals surface area contributed by atoms with E-state index < -0.39 is 0 Å². The molecule has 1 aliphatic carbocycles. The summed E-state index contributed by atoms with van der Waals surface area (Å²) in [6, 6.07) is 11.4. The zero-order valence-corrected chi connectivity index (χ0v) is 15.9. The van der Waals surface area contributed by atoms with Crippen molar-refractivity contribution in [2.45, 2.75) is 51.2 Å². The van der Waals surface area contributed by atoms with Crippen molar-refractivity contribution in [1.29, 1.82) is 0 Å². The SMILES string of the molecule is O=CO.c1ccc(COCCCN2CCCN(C3CCCC3)CC2)cc1. The molecular weight excluding hydrogens is 328 g/mol. The number of ether oxygens (including phenoxy) is 1. The van der Waals surface area contributed by atoms with Gasteiger partial charge in [-0.25, -0.2) is 0 Å². The largest absolute Gasteiger partial charge is 0.483 e. The van der Waals surface area contributed by atoms with E-state index in [2.05, 4.69) is 40.1 Å². The van der Waals surface area contributed by atoms with Crippen LogP contribution in [0.5, 0.6) is 0 Å². The maximum absolute atomic E-state index is 8.36. The van der Waals surface area contributed by atoms with Gasteiger partial charge in [-0.2, -0.15) is 0 Å². The fourth-order valence-electron chi connectivity index (χ4n) is 4.00. The number of nitrogens with zero attached hydrogens (tertiary/aromatic N) is 2. The van der Waals surface area contributed by atoms with E-state index in [-0.39, 0.29) is 6.47 Å². The molecule has 3 rings (SSSR count). The van der Waals surface area contributed by atoms with Crippen molar-refractivity contribution in [3.8, 4) is 0 Å². The third kappa shape index (κ3) is 7.85. The molecule has 1 heterocycles. The van der Waals surface area contributed by atoms with Crippen LogP contribution in [0.2, 0.25) is 0 Å². The van der Waals surface area contributed by atoms with Crippen LogP contribution in [0.15, 0.2) is 30.3 Å². The van der Waals surface area contributed by atoms with Crippen LogP contribution in [0.25, 0.3) is 0 Å². The van der Waals surface area contributed by atoms with Gasteiger partial charge in [-0.05, 0) is 44.3 Å². The van der Waals surface area contributed by atoms with Crippen LogP contribution in [0.3, 0.4) is 0 Å². The standard InChI is InChI=1S/C20H32N2O.CH2O2/c1-2-8-19(9-3-1)18-23-17-7-13-21-12-6-14-22(16-15-21)20-10-4-5-11-20;2-1-3/h1-3,8-9,20H,4-7,10-18H2;1H,(H,2,3). The maximum Gasteiger partial charge on any atom is 0.290 e. The summed E-state index contributed by atoms with van der Waals surface area (Å²) >= 11 is 0. The number of benzene rings is 1. The van der Waals surface area contributed by atoms with E-state index in [9.17, 15) is 0 Å². The van der Waals surface area contributed by atoms with Crippen LogP contribution < -0.4 is 0 Å². The van der Waals surface area contributed by atoms with Gasteiger partial charge in [0.05, 0.1) is 6.61 Å². The number of carbonyl (C=O) groups is 1. The molecule has 1 aromatic rings. The van der Waals surface area contributed by atoms with Crippen molar-refractivity contribution < 1.29 is 14.6 Å². The Morgan fingerprint density at radius 2 is 1.77 bits per heavy atom. The Morgan fingerprint density at radius 1 is 1.04 bits per heavy atom. The second kappa shape index (κ2) is 12.8. The normalized spacial score (nSPS) is 19.5. The molecule has 0 spiro atoms. The first-order valence-corrected chi connectivity index (χ1v) is 9.99. The molecule has 0 bridgehead atoms. The monoisotopic (exact) mass is 362 g/mol. The minimum Gasteiger partial charge on any atom is -0.483 e. The Morgan fingerprint density at radius 3 is 2.50 bits per heavy atom. The van der Waals surface area contributed by atoms with E-state index in [0.717, 1.165) is 25.7 Å². The van der Waals surface area contributed by atoms with Crippen molar-refractivity contribution in [1.82, 2.24) is 9.80 Å². The smallest absolute Gasteiger partial charge is 0.290 e. The highest BCUT2D eigenvalue weighted by atomic mass is 16.5. The molecule has 0 amide bonds. The summed E-state index contributed by atoms with van der Waals surface area (Å²) in [4.78, 5) is 13.8. The summed E-state index contributed by atoms with van der Waals surface area (Å²) in [5, 5.41) is 6.89. The third-order valence-corrected chi connectivity index (χ3v) is 5.34. The molecule has 0 aromatic heterocycles. The molecule has 0 radical (unpaired) electrons. The third-order valence-electron chi connectivity index (χ3n) is 5.34. The molecule has 0 unspecified atom stereocenters. The van der Waals surface area contributed by atoms with Crippen LogP contribution >= 0.6 is 0 Å². The lowest BCUT2D eigenvalue weighted by Gasteiger charge is -2.27. The van der Waals surface area contributed by atoms with Crippen molar-refractivity contribution in [3.63, 3.8) is 0 Å². The van der Waals surface area contributed by atoms with Crippen LogP contribution in [0.4, 0.5) is 0 Å². The molecule has 2 aliphatic rings. The van der Waals surface area contributed by atoms with Gasteiger partial charge in [0, 0.05) is 32.3 Å². The first kappa shape index (κ1) is 20.9. The highest BCUT2D eigenvalue weighted by Gasteiger charge is 2.24. The van der Waals surface area contributed by atoms with Gasteiger partial charge in [0.15, 0.2) is 0 Å². The lowest BCUT2D eigenvalue weighted by atomic mass is 10.2. The zero-order chi connectivity index (χ0) is 18.5. The molecule has 2 fully saturated rings. The fourth-order valence-corrected chi connectivity index (χ4v) is 4.00. The summed E-state index contributed by atoms with van der Waals surface area (Å²) in [5.41, 5.74) is 1.27. The average molecular weight is 363 g/mol. The molecule has 26 heavy (non-hydrogen) atoms. The summed E-state index contributed by atoms with van der Waals surface area (Å²) < 4.78 is 5.81. The van der Waals surface area contributed by atoms with E-state index in [1.807, 2.05) is 0 Å². The second-order valence-corrected chi connectivity index (χ2v) is 7.17. The van der Waals surface area contributed by atoms with Gasteiger partial charge in [-0.3, -0.25) is 9.69 Å². The van der Waals surface area contributed by atoms with Gasteiger partial charge in [-0.15, -0.1) is 0 Å². The Hall–Kier alpha value is -1.43. The van der Waals surface area contributed by atoms with Crippen LogP contribution in [0.1, 0.15) is 44.1 Å². The summed E-state index contributed by atoms with van der Waals surface area (Å²) in [6.45, 7) is 7.65. The number of hydrogen-bond donors (Lipinski definition) is 1. The molecule has 5 nitrogen and oxygen atoms in total. The van der Waals surface area contributed by atoms with E-state index in [4.69, 9.17) is 14.6 Å². The van der Waals surface area contributed by atoms with Crippen molar-refractivity contribution in [3.05, 3.63) is 35.9 Å². The van der Waals surface area contributed by atoms with Gasteiger partial charge in [-0.1, -0.05) is 43.2 Å². The fraction of sp³-hybridized carbons (Fsp3) is 0.667. The van der Waals surface area contributed by atoms with Gasteiger partial charge < -0.3 is 14.7 Å². The van der Waals surface area contributed by atoms with Gasteiger partial charge in [0.25, 0.3) is 6.47 Å². The first-order chi connectivity index (χ1) is 12.8. The Labute approximate surface area is 157 Å². The number of carboxylic acid groups (broad SMARTS) is 1. The van der Waals surface area contributed by atoms with Gasteiger partial charge in [0.2, 0.25) is 0 Å². The van der Waals surface area contributed by atoms with E-state index in [0.29, 0.717) is 0 Å². The molecular formula is C21H34N2O3. The highest BCUT2D eigenvalue weighted by molar-refractivity contribution is 5.32. The highest BCUT2D eigenvalue weighted by Crippen LogP contribution is 2.24. The zero-order valence-electron chi connectivity index (χ0n) is 15.9. The lowest BCUT2D eigenvalue weighted by Crippen LogP contribution is -2.37. The molecule has 146 valence electrons. The molecule has 1 aromatic carbocycles. The minimum atomic E-state index is -0.250. The molecule has 0 atom stereocenters. The Bertz CT molecular complexity index is 477. The average Bonchev–Trinajstić information content (AvgIpc) is 3.10. The number of rotatable bonds is 7. The minimum absolute atomic E-state index is 0.250. The quantitative estimate of drug-likeness (QED) is 0.596. The Balaban J connectivity index is 0.000000758. The summed E-state index contributed by atoms with van der Waals surface area (Å²) in [7, 11) is 0. The van der Waals surface area contributed by atoms with Gasteiger partial charge >= 0.3 is 0 Å². The predicted molar refractivity (Wildman–Crippen MR) is 104 cm³/mol. The number of hydrogen-bond acceptors (Lipinski definition) is 4. The summed E-state index contributed by atoms with van der Waals surface area (Å²) in [6.07, 6.45) is 8.26. The lowest BCUT2D eigenvalue weighted by molar-refractivity contribution is -0.122. The van der Waals surface area contributed by atoms with Crippen molar-refractivity contribution in [2.24, 2.45) is 0 Å². The maximum atomic E-state index is 8.36. The molecule has 1 saturated carbocycles. The van der Waals surface area contributed by atoms with E-state index >= 15 is 0 Å². The van der Waals surface area contributed by atoms with E-state index in [1.165, 1.54) is 70.4 Å². The van der Waals surface area contributed by atoms with E-state index in [1.54, 1.807) is 0 Å².